The van der Waals surface area contributed by atoms with Crippen LogP contribution in [0, 0.1) is 5.92 Å². The number of hydrogen-bond acceptors (Lipinski definition) is 3. The van der Waals surface area contributed by atoms with Gasteiger partial charge in [0.15, 0.2) is 5.82 Å². The highest BCUT2D eigenvalue weighted by Crippen LogP contribution is 2.38. The second-order valence-corrected chi connectivity index (χ2v) is 6.94. The number of rotatable bonds is 3. The topological polar surface area (TPSA) is 34.0 Å². The Morgan fingerprint density at radius 1 is 0.950 bits per heavy atom. The van der Waals surface area contributed by atoms with Crippen LogP contribution in [0.5, 0.6) is 0 Å². The van der Waals surface area contributed by atoms with Crippen molar-refractivity contribution in [1.29, 1.82) is 0 Å². The monoisotopic (exact) mass is 274 g/mol. The Hall–Kier alpha value is -0.900. The number of hydrogen-bond donors (Lipinski definition) is 0. The fourth-order valence-electron chi connectivity index (χ4n) is 3.80. The van der Waals surface area contributed by atoms with E-state index in [1.54, 1.807) is 0 Å². The van der Waals surface area contributed by atoms with Crippen molar-refractivity contribution in [2.45, 2.75) is 63.8 Å². The lowest BCUT2D eigenvalue weighted by Gasteiger charge is -2.28. The lowest BCUT2D eigenvalue weighted by molar-refractivity contribution is 0.202. The van der Waals surface area contributed by atoms with Gasteiger partial charge in [-0.15, -0.1) is 0 Å². The molecule has 1 aliphatic heterocycles. The van der Waals surface area contributed by atoms with Crippen molar-refractivity contribution in [2.75, 3.05) is 19.6 Å². The van der Waals surface area contributed by atoms with Crippen molar-refractivity contribution >= 4 is 0 Å². The molecule has 110 valence electrons. The maximum atomic E-state index is 4.78. The second-order valence-electron chi connectivity index (χ2n) is 6.94. The van der Waals surface area contributed by atoms with Crippen LogP contribution in [0.25, 0.3) is 0 Å². The molecule has 0 bridgehead atoms. The largest absolute Gasteiger partial charge is 0.301 e. The fourth-order valence-corrected chi connectivity index (χ4v) is 3.80. The molecule has 4 heteroatoms. The molecule has 20 heavy (non-hydrogen) atoms. The summed E-state index contributed by atoms with van der Waals surface area (Å²) in [6.07, 6.45) is 11.0. The summed E-state index contributed by atoms with van der Waals surface area (Å²) in [6, 6.07) is 0. The van der Waals surface area contributed by atoms with Gasteiger partial charge in [0.2, 0.25) is 0 Å². The standard InChI is InChI=1S/C16H26N4/c1-2-4-13(5-3-1)12-19-9-8-15-17-16(14-6-7-14)18-20(15)11-10-19/h13-14H,1-12H2. The quantitative estimate of drug-likeness (QED) is 0.849. The molecule has 3 aliphatic rings. The van der Waals surface area contributed by atoms with Crippen molar-refractivity contribution in [1.82, 2.24) is 19.7 Å². The van der Waals surface area contributed by atoms with Gasteiger partial charge in [0.1, 0.15) is 5.82 Å². The first kappa shape index (κ1) is 12.8. The van der Waals surface area contributed by atoms with Crippen LogP contribution in [0.4, 0.5) is 0 Å². The molecule has 0 N–H and O–H groups in total. The van der Waals surface area contributed by atoms with Crippen LogP contribution in [0.3, 0.4) is 0 Å². The molecule has 2 aliphatic carbocycles. The molecule has 0 atom stereocenters. The van der Waals surface area contributed by atoms with Gasteiger partial charge in [-0.3, -0.25) is 0 Å². The minimum absolute atomic E-state index is 0.688. The van der Waals surface area contributed by atoms with E-state index in [1.165, 1.54) is 63.9 Å². The van der Waals surface area contributed by atoms with Crippen LogP contribution < -0.4 is 0 Å². The first-order valence-corrected chi connectivity index (χ1v) is 8.54. The molecule has 2 saturated carbocycles. The fraction of sp³-hybridized carbons (Fsp3) is 0.875. The molecule has 4 nitrogen and oxygen atoms in total. The number of aromatic nitrogens is 3. The van der Waals surface area contributed by atoms with E-state index in [1.807, 2.05) is 0 Å². The van der Waals surface area contributed by atoms with E-state index < -0.39 is 0 Å². The van der Waals surface area contributed by atoms with Crippen LogP contribution in [-0.2, 0) is 13.0 Å². The Morgan fingerprint density at radius 2 is 1.80 bits per heavy atom. The van der Waals surface area contributed by atoms with Gasteiger partial charge in [-0.1, -0.05) is 19.3 Å². The Bertz CT molecular complexity index is 432. The molecule has 0 saturated heterocycles. The van der Waals surface area contributed by atoms with E-state index in [0.29, 0.717) is 5.92 Å². The minimum atomic E-state index is 0.688. The Labute approximate surface area is 121 Å². The van der Waals surface area contributed by atoms with Crippen molar-refractivity contribution in [3.8, 4) is 0 Å². The third kappa shape index (κ3) is 2.76. The lowest BCUT2D eigenvalue weighted by Crippen LogP contribution is -2.33. The van der Waals surface area contributed by atoms with Crippen LogP contribution in [0.1, 0.15) is 62.5 Å². The summed E-state index contributed by atoms with van der Waals surface area (Å²) in [7, 11) is 0. The average molecular weight is 274 g/mol. The zero-order valence-corrected chi connectivity index (χ0v) is 12.4. The molecule has 0 unspecified atom stereocenters. The Morgan fingerprint density at radius 3 is 2.60 bits per heavy atom. The molecular formula is C16H26N4. The molecule has 0 spiro atoms. The van der Waals surface area contributed by atoms with Gasteiger partial charge in [-0.25, -0.2) is 9.67 Å². The molecular weight excluding hydrogens is 248 g/mol. The van der Waals surface area contributed by atoms with Crippen molar-refractivity contribution in [3.63, 3.8) is 0 Å². The highest BCUT2D eigenvalue weighted by Gasteiger charge is 2.29. The number of nitrogens with zero attached hydrogens (tertiary/aromatic N) is 4. The Kier molecular flexibility index (Phi) is 3.51. The maximum Gasteiger partial charge on any atom is 0.154 e. The highest BCUT2D eigenvalue weighted by atomic mass is 15.4. The first-order valence-electron chi connectivity index (χ1n) is 8.54. The molecule has 0 amide bonds. The second kappa shape index (κ2) is 5.47. The average Bonchev–Trinajstić information content (AvgIpc) is 3.27. The summed E-state index contributed by atoms with van der Waals surface area (Å²) < 4.78 is 2.19. The number of fused-ring (bicyclic) bond motifs is 1. The lowest BCUT2D eigenvalue weighted by atomic mass is 9.89. The van der Waals surface area contributed by atoms with E-state index in [-0.39, 0.29) is 0 Å². The third-order valence-corrected chi connectivity index (χ3v) is 5.23. The van der Waals surface area contributed by atoms with Gasteiger partial charge in [-0.05, 0) is 31.6 Å². The van der Waals surface area contributed by atoms with E-state index >= 15 is 0 Å². The van der Waals surface area contributed by atoms with Gasteiger partial charge in [-0.2, -0.15) is 5.10 Å². The molecule has 4 rings (SSSR count). The summed E-state index contributed by atoms with van der Waals surface area (Å²) in [5.41, 5.74) is 0. The Balaban J connectivity index is 1.35. The van der Waals surface area contributed by atoms with Gasteiger partial charge in [0.25, 0.3) is 0 Å². The van der Waals surface area contributed by atoms with Crippen LogP contribution in [0.15, 0.2) is 0 Å². The SMILES string of the molecule is C1CCC(CN2CCc3nc(C4CC4)nn3CC2)CC1. The van der Waals surface area contributed by atoms with E-state index in [9.17, 15) is 0 Å². The zero-order chi connectivity index (χ0) is 13.4. The van der Waals surface area contributed by atoms with E-state index in [0.717, 1.165) is 31.3 Å². The van der Waals surface area contributed by atoms with Gasteiger partial charge < -0.3 is 4.90 Å². The van der Waals surface area contributed by atoms with Crippen molar-refractivity contribution < 1.29 is 0 Å². The predicted octanol–water partition coefficient (Wildman–Crippen LogP) is 2.59. The van der Waals surface area contributed by atoms with Crippen LogP contribution >= 0.6 is 0 Å². The molecule has 0 aromatic carbocycles. The smallest absolute Gasteiger partial charge is 0.154 e. The molecule has 1 aromatic heterocycles. The molecule has 2 fully saturated rings. The summed E-state index contributed by atoms with van der Waals surface area (Å²) in [6.45, 7) is 4.69. The molecule has 2 heterocycles. The predicted molar refractivity (Wildman–Crippen MR) is 78.7 cm³/mol. The van der Waals surface area contributed by atoms with Crippen molar-refractivity contribution in [2.24, 2.45) is 5.92 Å². The molecule has 0 radical (unpaired) electrons. The summed E-state index contributed by atoms with van der Waals surface area (Å²) in [4.78, 5) is 7.44. The first-order chi connectivity index (χ1) is 9.88. The summed E-state index contributed by atoms with van der Waals surface area (Å²) in [5.74, 6) is 4.00. The van der Waals surface area contributed by atoms with Gasteiger partial charge >= 0.3 is 0 Å². The summed E-state index contributed by atoms with van der Waals surface area (Å²) in [5, 5.41) is 4.73. The van der Waals surface area contributed by atoms with Gasteiger partial charge in [0, 0.05) is 32.0 Å². The maximum absolute atomic E-state index is 4.78. The van der Waals surface area contributed by atoms with Crippen LogP contribution in [0.2, 0.25) is 0 Å². The third-order valence-electron chi connectivity index (χ3n) is 5.23. The highest BCUT2D eigenvalue weighted by molar-refractivity contribution is 5.07. The van der Waals surface area contributed by atoms with E-state index in [2.05, 4.69) is 9.58 Å². The van der Waals surface area contributed by atoms with Crippen molar-refractivity contribution in [3.05, 3.63) is 11.6 Å². The normalized spacial score (nSPS) is 25.4. The zero-order valence-electron chi connectivity index (χ0n) is 12.4. The molecule has 1 aromatic rings. The van der Waals surface area contributed by atoms with E-state index in [4.69, 9.17) is 10.1 Å². The summed E-state index contributed by atoms with van der Waals surface area (Å²) >= 11 is 0. The van der Waals surface area contributed by atoms with Crippen LogP contribution in [-0.4, -0.2) is 39.3 Å². The van der Waals surface area contributed by atoms with Gasteiger partial charge in [0.05, 0.1) is 6.54 Å². The minimum Gasteiger partial charge on any atom is -0.301 e.